The third-order valence-corrected chi connectivity index (χ3v) is 3.69. The third-order valence-electron chi connectivity index (χ3n) is 3.69. The summed E-state index contributed by atoms with van der Waals surface area (Å²) in [7, 11) is 0. The molecule has 1 amide bonds. The molecule has 1 spiro atoms. The molecule has 0 unspecified atom stereocenters. The van der Waals surface area contributed by atoms with E-state index in [0.29, 0.717) is 12.8 Å². The van der Waals surface area contributed by atoms with Crippen LogP contribution in [0.2, 0.25) is 0 Å². The van der Waals surface area contributed by atoms with Gasteiger partial charge in [0.05, 0.1) is 11.3 Å². The number of fused-ring (bicyclic) bond motifs is 1. The molecule has 1 aromatic rings. The molecule has 3 nitrogen and oxygen atoms in total. The summed E-state index contributed by atoms with van der Waals surface area (Å²) in [4.78, 5) is 12.0. The highest BCUT2D eigenvalue weighted by atomic mass is 19.4. The normalized spacial score (nSPS) is 20.9. The topological polar surface area (TPSA) is 38.3 Å². The number of ether oxygens (including phenoxy) is 1. The van der Waals surface area contributed by atoms with Crippen molar-refractivity contribution in [3.05, 3.63) is 23.8 Å². The number of hydrogen-bond acceptors (Lipinski definition) is 2. The van der Waals surface area contributed by atoms with E-state index in [1.165, 1.54) is 12.1 Å². The van der Waals surface area contributed by atoms with Gasteiger partial charge in [-0.25, -0.2) is 0 Å². The lowest BCUT2D eigenvalue weighted by Crippen LogP contribution is -2.49. The predicted octanol–water partition coefficient (Wildman–Crippen LogP) is 3.35. The maximum atomic E-state index is 13.0. The van der Waals surface area contributed by atoms with Gasteiger partial charge in [-0.2, -0.15) is 13.2 Å². The summed E-state index contributed by atoms with van der Waals surface area (Å²) in [5.41, 5.74) is -1.86. The van der Waals surface area contributed by atoms with Crippen molar-refractivity contribution in [1.29, 1.82) is 0 Å². The zero-order chi connectivity index (χ0) is 13.7. The molecule has 1 aromatic carbocycles. The summed E-state index contributed by atoms with van der Waals surface area (Å²) < 4.78 is 44.4. The zero-order valence-electron chi connectivity index (χ0n) is 10.0. The van der Waals surface area contributed by atoms with E-state index in [9.17, 15) is 18.0 Å². The van der Waals surface area contributed by atoms with Gasteiger partial charge in [-0.15, -0.1) is 0 Å². The van der Waals surface area contributed by atoms with E-state index in [-0.39, 0.29) is 17.3 Å². The number of alkyl halides is 3. The fourth-order valence-corrected chi connectivity index (χ4v) is 2.72. The molecule has 1 aliphatic carbocycles. The molecule has 0 radical (unpaired) electrons. The molecule has 3 rings (SSSR count). The van der Waals surface area contributed by atoms with Gasteiger partial charge in [-0.1, -0.05) is 6.07 Å². The summed E-state index contributed by atoms with van der Waals surface area (Å²) in [6.07, 6.45) is -1.99. The molecule has 0 bridgehead atoms. The number of anilines is 1. The molecule has 6 heteroatoms. The van der Waals surface area contributed by atoms with Crippen LogP contribution in [-0.4, -0.2) is 11.5 Å². The maximum Gasteiger partial charge on any atom is 0.420 e. The van der Waals surface area contributed by atoms with Gasteiger partial charge in [0.25, 0.3) is 5.91 Å². The van der Waals surface area contributed by atoms with Gasteiger partial charge in [0.2, 0.25) is 0 Å². The second kappa shape index (κ2) is 3.88. The van der Waals surface area contributed by atoms with Gasteiger partial charge in [-0.05, 0) is 37.8 Å². The van der Waals surface area contributed by atoms with E-state index in [0.717, 1.165) is 18.9 Å². The van der Waals surface area contributed by atoms with Crippen LogP contribution in [0.3, 0.4) is 0 Å². The first-order chi connectivity index (χ1) is 8.92. The molecule has 102 valence electrons. The highest BCUT2D eigenvalue weighted by molar-refractivity contribution is 6.01. The van der Waals surface area contributed by atoms with Crippen molar-refractivity contribution < 1.29 is 22.7 Å². The number of amides is 1. The fourth-order valence-electron chi connectivity index (χ4n) is 2.72. The summed E-state index contributed by atoms with van der Waals surface area (Å²) in [5, 5.41) is 2.54. The number of carbonyl (C=O) groups is 1. The van der Waals surface area contributed by atoms with E-state index in [4.69, 9.17) is 4.74 Å². The first-order valence-electron chi connectivity index (χ1n) is 6.13. The van der Waals surface area contributed by atoms with Crippen LogP contribution in [0.5, 0.6) is 5.75 Å². The second-order valence-electron chi connectivity index (χ2n) is 4.94. The number of benzene rings is 1. The Hall–Kier alpha value is -1.72. The molecular weight excluding hydrogens is 259 g/mol. The summed E-state index contributed by atoms with van der Waals surface area (Å²) in [6, 6.07) is 3.65. The Balaban J connectivity index is 2.09. The SMILES string of the molecule is O=C1Nc2cccc(C(F)(F)F)c2OC12CCCC2. The zero-order valence-corrected chi connectivity index (χ0v) is 10.0. The van der Waals surface area contributed by atoms with Gasteiger partial charge in [0.1, 0.15) is 0 Å². The van der Waals surface area contributed by atoms with E-state index in [2.05, 4.69) is 5.32 Å². The van der Waals surface area contributed by atoms with Crippen LogP contribution in [0.1, 0.15) is 31.2 Å². The first kappa shape index (κ1) is 12.3. The van der Waals surface area contributed by atoms with Gasteiger partial charge in [0, 0.05) is 0 Å². The Labute approximate surface area is 107 Å². The van der Waals surface area contributed by atoms with E-state index in [1.54, 1.807) is 0 Å². The highest BCUT2D eigenvalue weighted by Crippen LogP contribution is 2.47. The molecule has 1 fully saturated rings. The van der Waals surface area contributed by atoms with Crippen molar-refractivity contribution in [2.45, 2.75) is 37.5 Å². The molecule has 1 aliphatic heterocycles. The van der Waals surface area contributed by atoms with Gasteiger partial charge >= 0.3 is 6.18 Å². The van der Waals surface area contributed by atoms with Crippen molar-refractivity contribution in [3.8, 4) is 5.75 Å². The number of hydrogen-bond donors (Lipinski definition) is 1. The van der Waals surface area contributed by atoms with E-state index < -0.39 is 17.3 Å². The third kappa shape index (κ3) is 1.86. The van der Waals surface area contributed by atoms with E-state index >= 15 is 0 Å². The molecule has 0 atom stereocenters. The van der Waals surface area contributed by atoms with Gasteiger partial charge < -0.3 is 10.1 Å². The Morgan fingerprint density at radius 1 is 1.21 bits per heavy atom. The fraction of sp³-hybridized carbons (Fsp3) is 0.462. The van der Waals surface area contributed by atoms with Crippen LogP contribution in [0, 0.1) is 0 Å². The molecule has 19 heavy (non-hydrogen) atoms. The average Bonchev–Trinajstić information content (AvgIpc) is 2.78. The van der Waals surface area contributed by atoms with Crippen molar-refractivity contribution in [1.82, 2.24) is 0 Å². The number of halogens is 3. The molecule has 2 aliphatic rings. The van der Waals surface area contributed by atoms with Gasteiger partial charge in [-0.3, -0.25) is 4.79 Å². The van der Waals surface area contributed by atoms with Crippen molar-refractivity contribution >= 4 is 11.6 Å². The highest BCUT2D eigenvalue weighted by Gasteiger charge is 2.49. The van der Waals surface area contributed by atoms with Crippen LogP contribution in [0.25, 0.3) is 0 Å². The van der Waals surface area contributed by atoms with Crippen molar-refractivity contribution in [3.63, 3.8) is 0 Å². The van der Waals surface area contributed by atoms with Crippen LogP contribution >= 0.6 is 0 Å². The molecule has 1 saturated carbocycles. The Bertz CT molecular complexity index is 533. The smallest absolute Gasteiger partial charge is 0.420 e. The largest absolute Gasteiger partial charge is 0.475 e. The summed E-state index contributed by atoms with van der Waals surface area (Å²) >= 11 is 0. The molecule has 1 heterocycles. The minimum Gasteiger partial charge on any atom is -0.475 e. The molecular formula is C13H12F3NO2. The standard InChI is InChI=1S/C13H12F3NO2/c14-13(15,16)8-4-3-5-9-10(8)19-12(11(18)17-9)6-1-2-7-12/h3-5H,1-2,6-7H2,(H,17,18). The second-order valence-corrected chi connectivity index (χ2v) is 4.94. The quantitative estimate of drug-likeness (QED) is 0.785. The average molecular weight is 271 g/mol. The Morgan fingerprint density at radius 3 is 2.53 bits per heavy atom. The number of nitrogens with one attached hydrogen (secondary N) is 1. The lowest BCUT2D eigenvalue weighted by molar-refractivity contribution is -0.143. The molecule has 1 N–H and O–H groups in total. The minimum absolute atomic E-state index is 0.0948. The van der Waals surface area contributed by atoms with Crippen molar-refractivity contribution in [2.24, 2.45) is 0 Å². The summed E-state index contributed by atoms with van der Waals surface area (Å²) in [6.45, 7) is 0. The van der Waals surface area contributed by atoms with Crippen LogP contribution in [0.4, 0.5) is 18.9 Å². The molecule has 0 saturated heterocycles. The lowest BCUT2D eigenvalue weighted by atomic mass is 9.97. The Morgan fingerprint density at radius 2 is 1.89 bits per heavy atom. The Kier molecular flexibility index (Phi) is 2.52. The van der Waals surface area contributed by atoms with Crippen LogP contribution in [-0.2, 0) is 11.0 Å². The number of rotatable bonds is 0. The van der Waals surface area contributed by atoms with Crippen LogP contribution in [0.15, 0.2) is 18.2 Å². The van der Waals surface area contributed by atoms with Gasteiger partial charge in [0.15, 0.2) is 11.4 Å². The number of carbonyl (C=O) groups excluding carboxylic acids is 1. The minimum atomic E-state index is -4.49. The summed E-state index contributed by atoms with van der Waals surface area (Å²) in [5.74, 6) is -0.590. The van der Waals surface area contributed by atoms with Crippen molar-refractivity contribution in [2.75, 3.05) is 5.32 Å². The van der Waals surface area contributed by atoms with Crippen LogP contribution < -0.4 is 10.1 Å². The number of para-hydroxylation sites is 1. The lowest BCUT2D eigenvalue weighted by Gasteiger charge is -2.35. The monoisotopic (exact) mass is 271 g/mol. The maximum absolute atomic E-state index is 13.0. The van der Waals surface area contributed by atoms with E-state index in [1.807, 2.05) is 0 Å². The first-order valence-corrected chi connectivity index (χ1v) is 6.13. The molecule has 0 aromatic heterocycles. The predicted molar refractivity (Wildman–Crippen MR) is 61.9 cm³/mol.